The number of amides is 1. The van der Waals surface area contributed by atoms with Crippen LogP contribution in [0.2, 0.25) is 0 Å². The van der Waals surface area contributed by atoms with Crippen LogP contribution in [0.4, 0.5) is 5.82 Å². The smallest absolute Gasteiger partial charge is 0.317 e. The molecule has 2 aliphatic rings. The number of likely N-dealkylation sites (tertiary alicyclic amines) is 1. The third-order valence-electron chi connectivity index (χ3n) is 5.35. The number of anilines is 1. The fraction of sp³-hybridized carbons (Fsp3) is 0.650. The molecule has 0 spiro atoms. The number of fused-ring (bicyclic) bond motifs is 1. The molecule has 1 saturated heterocycles. The first-order valence-corrected chi connectivity index (χ1v) is 10.1. The summed E-state index contributed by atoms with van der Waals surface area (Å²) >= 11 is 0. The second-order valence-electron chi connectivity index (χ2n) is 7.56. The van der Waals surface area contributed by atoms with Crippen molar-refractivity contribution in [3.63, 3.8) is 0 Å². The molecule has 3 rings (SSSR count). The Morgan fingerprint density at radius 3 is 3.04 bits per heavy atom. The van der Waals surface area contributed by atoms with Crippen LogP contribution < -0.4 is 10.6 Å². The Bertz CT molecular complexity index is 665. The first-order chi connectivity index (χ1) is 13.1. The van der Waals surface area contributed by atoms with Crippen molar-refractivity contribution in [3.8, 4) is 0 Å². The van der Waals surface area contributed by atoms with Gasteiger partial charge in [-0.1, -0.05) is 6.07 Å². The molecular weight excluding hydrogens is 344 g/mol. The number of nitrogens with one attached hydrogen (secondary N) is 2. The van der Waals surface area contributed by atoms with Crippen LogP contribution in [-0.4, -0.2) is 59.6 Å². The van der Waals surface area contributed by atoms with Gasteiger partial charge < -0.3 is 15.7 Å². The second-order valence-corrected chi connectivity index (χ2v) is 7.56. The maximum atomic E-state index is 12.3. The first kappa shape index (κ1) is 19.6. The summed E-state index contributed by atoms with van der Waals surface area (Å²) in [5.74, 6) is 0.171. The zero-order chi connectivity index (χ0) is 19.1. The van der Waals surface area contributed by atoms with Crippen molar-refractivity contribution in [2.75, 3.05) is 38.0 Å². The van der Waals surface area contributed by atoms with Gasteiger partial charge in [-0.25, -0.2) is 4.98 Å². The molecule has 0 radical (unpaired) electrons. The van der Waals surface area contributed by atoms with E-state index in [9.17, 15) is 9.59 Å². The highest BCUT2D eigenvalue weighted by Crippen LogP contribution is 2.20. The van der Waals surface area contributed by atoms with Crippen molar-refractivity contribution in [2.45, 2.75) is 44.9 Å². The Morgan fingerprint density at radius 1 is 1.30 bits per heavy atom. The van der Waals surface area contributed by atoms with Gasteiger partial charge in [0.05, 0.1) is 12.5 Å². The minimum Gasteiger partial charge on any atom is -0.480 e. The summed E-state index contributed by atoms with van der Waals surface area (Å²) in [6, 6.07) is 4.29. The van der Waals surface area contributed by atoms with Gasteiger partial charge in [-0.2, -0.15) is 0 Å². The number of piperidine rings is 1. The van der Waals surface area contributed by atoms with Crippen LogP contribution in [0, 0.1) is 5.92 Å². The second kappa shape index (κ2) is 9.69. The predicted octanol–water partition coefficient (Wildman–Crippen LogP) is 1.68. The van der Waals surface area contributed by atoms with E-state index in [0.717, 1.165) is 63.1 Å². The SMILES string of the molecule is O=C(O)CN1CCCC(C(=O)NCCCCc2ccc3c(n2)NCCC3)C1. The molecule has 1 aromatic rings. The van der Waals surface area contributed by atoms with E-state index in [0.29, 0.717) is 13.1 Å². The summed E-state index contributed by atoms with van der Waals surface area (Å²) in [5, 5.41) is 15.3. The Balaban J connectivity index is 1.34. The Hall–Kier alpha value is -2.15. The summed E-state index contributed by atoms with van der Waals surface area (Å²) in [6.07, 6.45) is 6.82. The van der Waals surface area contributed by atoms with Crippen molar-refractivity contribution >= 4 is 17.7 Å². The lowest BCUT2D eigenvalue weighted by Gasteiger charge is -2.30. The van der Waals surface area contributed by atoms with Crippen molar-refractivity contribution in [2.24, 2.45) is 5.92 Å². The average Bonchev–Trinajstić information content (AvgIpc) is 2.67. The minimum absolute atomic E-state index is 0.0203. The van der Waals surface area contributed by atoms with Crippen LogP contribution in [0.15, 0.2) is 12.1 Å². The normalized spacial score (nSPS) is 19.8. The number of unbranched alkanes of at least 4 members (excludes halogenated alkanes) is 1. The molecule has 0 saturated carbocycles. The first-order valence-electron chi connectivity index (χ1n) is 10.1. The largest absolute Gasteiger partial charge is 0.480 e. The van der Waals surface area contributed by atoms with Crippen molar-refractivity contribution in [3.05, 3.63) is 23.4 Å². The third kappa shape index (κ3) is 5.92. The lowest BCUT2D eigenvalue weighted by atomic mass is 9.97. The third-order valence-corrected chi connectivity index (χ3v) is 5.35. The predicted molar refractivity (Wildman–Crippen MR) is 104 cm³/mol. The van der Waals surface area contributed by atoms with Gasteiger partial charge in [0.2, 0.25) is 5.91 Å². The maximum absolute atomic E-state index is 12.3. The van der Waals surface area contributed by atoms with Crippen LogP contribution in [-0.2, 0) is 22.4 Å². The highest BCUT2D eigenvalue weighted by atomic mass is 16.4. The molecule has 7 heteroatoms. The molecule has 1 aromatic heterocycles. The number of hydrogen-bond donors (Lipinski definition) is 3. The van der Waals surface area contributed by atoms with Gasteiger partial charge in [-0.15, -0.1) is 0 Å². The van der Waals surface area contributed by atoms with Crippen molar-refractivity contribution < 1.29 is 14.7 Å². The van der Waals surface area contributed by atoms with Crippen LogP contribution in [0.25, 0.3) is 0 Å². The van der Waals surface area contributed by atoms with Crippen LogP contribution in [0.1, 0.15) is 43.4 Å². The summed E-state index contributed by atoms with van der Waals surface area (Å²) in [4.78, 5) is 29.7. The summed E-state index contributed by atoms with van der Waals surface area (Å²) in [6.45, 7) is 2.99. The van der Waals surface area contributed by atoms with Crippen LogP contribution in [0.3, 0.4) is 0 Å². The quantitative estimate of drug-likeness (QED) is 0.599. The van der Waals surface area contributed by atoms with E-state index >= 15 is 0 Å². The van der Waals surface area contributed by atoms with E-state index in [1.54, 1.807) is 0 Å². The van der Waals surface area contributed by atoms with Gasteiger partial charge >= 0.3 is 5.97 Å². The number of carbonyl (C=O) groups is 2. The van der Waals surface area contributed by atoms with E-state index in [2.05, 4.69) is 22.8 Å². The number of carboxylic acid groups (broad SMARTS) is 1. The molecule has 148 valence electrons. The zero-order valence-electron chi connectivity index (χ0n) is 15.9. The Kier molecular flexibility index (Phi) is 7.04. The topological polar surface area (TPSA) is 94.6 Å². The Labute approximate surface area is 160 Å². The number of pyridine rings is 1. The van der Waals surface area contributed by atoms with Gasteiger partial charge in [0, 0.05) is 25.3 Å². The van der Waals surface area contributed by atoms with E-state index in [1.165, 1.54) is 12.0 Å². The number of aliphatic carboxylic acids is 1. The molecule has 2 aliphatic heterocycles. The fourth-order valence-corrected chi connectivity index (χ4v) is 3.90. The molecule has 3 heterocycles. The molecule has 0 bridgehead atoms. The molecule has 1 atom stereocenters. The molecule has 7 nitrogen and oxygen atoms in total. The van der Waals surface area contributed by atoms with Crippen molar-refractivity contribution in [1.82, 2.24) is 15.2 Å². The molecule has 1 unspecified atom stereocenters. The molecule has 27 heavy (non-hydrogen) atoms. The van der Waals surface area contributed by atoms with E-state index in [4.69, 9.17) is 10.1 Å². The summed E-state index contributed by atoms with van der Waals surface area (Å²) in [7, 11) is 0. The summed E-state index contributed by atoms with van der Waals surface area (Å²) < 4.78 is 0. The van der Waals surface area contributed by atoms with Crippen LogP contribution in [0.5, 0.6) is 0 Å². The molecule has 0 aromatic carbocycles. The fourth-order valence-electron chi connectivity index (χ4n) is 3.90. The number of hydrogen-bond acceptors (Lipinski definition) is 5. The maximum Gasteiger partial charge on any atom is 0.317 e. The summed E-state index contributed by atoms with van der Waals surface area (Å²) in [5.41, 5.74) is 2.41. The number of carbonyl (C=O) groups excluding carboxylic acids is 1. The lowest BCUT2D eigenvalue weighted by molar-refractivity contribution is -0.139. The molecule has 3 N–H and O–H groups in total. The van der Waals surface area contributed by atoms with E-state index < -0.39 is 5.97 Å². The van der Waals surface area contributed by atoms with Gasteiger partial charge in [0.25, 0.3) is 0 Å². The zero-order valence-corrected chi connectivity index (χ0v) is 15.9. The lowest BCUT2D eigenvalue weighted by Crippen LogP contribution is -2.44. The van der Waals surface area contributed by atoms with E-state index in [1.807, 2.05) is 4.90 Å². The van der Waals surface area contributed by atoms with Crippen molar-refractivity contribution in [1.29, 1.82) is 0 Å². The highest BCUT2D eigenvalue weighted by Gasteiger charge is 2.26. The molecule has 0 aliphatic carbocycles. The molecule has 1 amide bonds. The van der Waals surface area contributed by atoms with Gasteiger partial charge in [-0.05, 0) is 63.1 Å². The van der Waals surface area contributed by atoms with Gasteiger partial charge in [-0.3, -0.25) is 14.5 Å². The average molecular weight is 374 g/mol. The standard InChI is InChI=1S/C20H30N4O3/c25-18(26)14-24-12-4-6-16(13-24)20(27)22-10-2-1-7-17-9-8-15-5-3-11-21-19(15)23-17/h8-9,16H,1-7,10-14H2,(H,21,23)(H,22,27)(H,25,26). The number of carboxylic acids is 1. The Morgan fingerprint density at radius 2 is 2.19 bits per heavy atom. The number of nitrogens with zero attached hydrogens (tertiary/aromatic N) is 2. The van der Waals surface area contributed by atoms with E-state index in [-0.39, 0.29) is 18.4 Å². The minimum atomic E-state index is -0.831. The number of aryl methyl sites for hydroxylation is 2. The van der Waals surface area contributed by atoms with Gasteiger partial charge in [0.1, 0.15) is 5.82 Å². The van der Waals surface area contributed by atoms with Gasteiger partial charge in [0.15, 0.2) is 0 Å². The number of rotatable bonds is 8. The monoisotopic (exact) mass is 374 g/mol. The molecule has 1 fully saturated rings. The molecular formula is C20H30N4O3. The number of aromatic nitrogens is 1. The van der Waals surface area contributed by atoms with Crippen LogP contribution >= 0.6 is 0 Å². The highest BCUT2D eigenvalue weighted by molar-refractivity contribution is 5.79.